The maximum absolute atomic E-state index is 12.6. The largest absolute Gasteiger partial charge is 0.352 e. The molecular formula is C22H35N3O2. The normalized spacial score (nSPS) is 38.7. The molecule has 4 bridgehead atoms. The molecule has 0 atom stereocenters. The van der Waals surface area contributed by atoms with Gasteiger partial charge in [-0.2, -0.15) is 0 Å². The summed E-state index contributed by atoms with van der Waals surface area (Å²) in [4.78, 5) is 27.4. The van der Waals surface area contributed by atoms with Crippen LogP contribution >= 0.6 is 0 Å². The molecule has 1 saturated heterocycles. The molecule has 0 spiro atoms. The summed E-state index contributed by atoms with van der Waals surface area (Å²) >= 11 is 0. The van der Waals surface area contributed by atoms with Gasteiger partial charge in [0.2, 0.25) is 11.8 Å². The van der Waals surface area contributed by atoms with Crippen LogP contribution in [0.25, 0.3) is 0 Å². The highest BCUT2D eigenvalue weighted by molar-refractivity contribution is 5.85. The molecule has 5 aliphatic carbocycles. The second-order valence-corrected chi connectivity index (χ2v) is 10.5. The molecule has 6 fully saturated rings. The van der Waals surface area contributed by atoms with E-state index >= 15 is 0 Å². The number of rotatable bonds is 6. The molecule has 6 rings (SSSR count). The highest BCUT2D eigenvalue weighted by Gasteiger charge is 2.51. The lowest BCUT2D eigenvalue weighted by atomic mass is 9.49. The number of piperidine rings is 1. The molecular weight excluding hydrogens is 338 g/mol. The Bertz CT molecular complexity index is 557. The lowest BCUT2D eigenvalue weighted by Gasteiger charge is -2.56. The van der Waals surface area contributed by atoms with Crippen LogP contribution in [0.3, 0.4) is 0 Å². The van der Waals surface area contributed by atoms with Crippen molar-refractivity contribution in [3.05, 3.63) is 0 Å². The van der Waals surface area contributed by atoms with Crippen molar-refractivity contribution in [2.45, 2.75) is 82.7 Å². The van der Waals surface area contributed by atoms with Crippen LogP contribution < -0.4 is 10.6 Å². The zero-order valence-corrected chi connectivity index (χ0v) is 16.5. The van der Waals surface area contributed by atoms with E-state index in [1.54, 1.807) is 0 Å². The number of hydrogen-bond donors (Lipinski definition) is 2. The van der Waals surface area contributed by atoms with Crippen molar-refractivity contribution in [1.82, 2.24) is 15.5 Å². The molecule has 2 N–H and O–H groups in total. The molecule has 0 aromatic heterocycles. The van der Waals surface area contributed by atoms with Crippen LogP contribution in [0.4, 0.5) is 0 Å². The van der Waals surface area contributed by atoms with Crippen molar-refractivity contribution in [2.24, 2.45) is 23.2 Å². The zero-order chi connectivity index (χ0) is 18.4. The van der Waals surface area contributed by atoms with Crippen molar-refractivity contribution in [3.8, 4) is 0 Å². The van der Waals surface area contributed by atoms with E-state index in [9.17, 15) is 9.59 Å². The number of carbonyl (C=O) groups is 2. The number of carbonyl (C=O) groups excluding carboxylic acids is 2. The van der Waals surface area contributed by atoms with Crippen LogP contribution in [0.15, 0.2) is 0 Å². The molecule has 0 radical (unpaired) electrons. The van der Waals surface area contributed by atoms with E-state index in [4.69, 9.17) is 0 Å². The third kappa shape index (κ3) is 4.03. The predicted octanol–water partition coefficient (Wildman–Crippen LogP) is 2.45. The topological polar surface area (TPSA) is 61.4 Å². The van der Waals surface area contributed by atoms with Gasteiger partial charge in [0.25, 0.3) is 0 Å². The van der Waals surface area contributed by atoms with Gasteiger partial charge >= 0.3 is 0 Å². The predicted molar refractivity (Wildman–Crippen MR) is 104 cm³/mol. The van der Waals surface area contributed by atoms with Crippen molar-refractivity contribution in [2.75, 3.05) is 19.6 Å². The molecule has 27 heavy (non-hydrogen) atoms. The molecule has 5 nitrogen and oxygen atoms in total. The van der Waals surface area contributed by atoms with E-state index in [2.05, 4.69) is 15.5 Å². The summed E-state index contributed by atoms with van der Waals surface area (Å²) in [7, 11) is 0. The standard InChI is InChI=1S/C22H35N3O2/c26-20(13-22-10-15-7-16(11-22)9-17(8-15)12-22)23-14-21(27)24-18-3-5-25(6-4-18)19-1-2-19/h15-19H,1-14H2,(H,23,26)(H,24,27). The van der Waals surface area contributed by atoms with Gasteiger partial charge in [-0.3, -0.25) is 9.59 Å². The van der Waals surface area contributed by atoms with Gasteiger partial charge in [0.15, 0.2) is 0 Å². The molecule has 5 saturated carbocycles. The number of likely N-dealkylation sites (tertiary alicyclic amines) is 1. The maximum atomic E-state index is 12.6. The van der Waals surface area contributed by atoms with Gasteiger partial charge in [-0.05, 0) is 87.4 Å². The highest BCUT2D eigenvalue weighted by Crippen LogP contribution is 2.61. The summed E-state index contributed by atoms with van der Waals surface area (Å²) in [5, 5.41) is 6.06. The fourth-order valence-corrected chi connectivity index (χ4v) is 7.22. The van der Waals surface area contributed by atoms with Crippen LogP contribution in [-0.4, -0.2) is 48.4 Å². The molecule has 2 amide bonds. The zero-order valence-electron chi connectivity index (χ0n) is 16.5. The Kier molecular flexibility index (Phi) is 4.69. The van der Waals surface area contributed by atoms with Crippen LogP contribution in [0.5, 0.6) is 0 Å². The van der Waals surface area contributed by atoms with Crippen molar-refractivity contribution in [1.29, 1.82) is 0 Å². The van der Waals surface area contributed by atoms with Gasteiger partial charge in [0.05, 0.1) is 6.54 Å². The Balaban J connectivity index is 1.04. The number of hydrogen-bond acceptors (Lipinski definition) is 3. The lowest BCUT2D eigenvalue weighted by molar-refractivity contribution is -0.132. The first-order valence-electron chi connectivity index (χ1n) is 11.4. The summed E-state index contributed by atoms with van der Waals surface area (Å²) < 4.78 is 0. The summed E-state index contributed by atoms with van der Waals surface area (Å²) in [6, 6.07) is 1.11. The van der Waals surface area contributed by atoms with Gasteiger partial charge in [-0.1, -0.05) is 0 Å². The van der Waals surface area contributed by atoms with Gasteiger partial charge in [0, 0.05) is 31.6 Å². The molecule has 1 aliphatic heterocycles. The quantitative estimate of drug-likeness (QED) is 0.752. The van der Waals surface area contributed by atoms with Gasteiger partial charge in [0.1, 0.15) is 0 Å². The van der Waals surface area contributed by atoms with Gasteiger partial charge in [-0.25, -0.2) is 0 Å². The van der Waals surface area contributed by atoms with Gasteiger partial charge in [-0.15, -0.1) is 0 Å². The molecule has 5 heteroatoms. The van der Waals surface area contributed by atoms with Crippen LogP contribution in [0.2, 0.25) is 0 Å². The van der Waals surface area contributed by atoms with E-state index in [1.165, 1.54) is 51.4 Å². The van der Waals surface area contributed by atoms with Crippen molar-refractivity contribution in [3.63, 3.8) is 0 Å². The Hall–Kier alpha value is -1.10. The molecule has 150 valence electrons. The van der Waals surface area contributed by atoms with Crippen LogP contribution in [0.1, 0.15) is 70.6 Å². The van der Waals surface area contributed by atoms with Crippen LogP contribution in [-0.2, 0) is 9.59 Å². The Morgan fingerprint density at radius 2 is 1.44 bits per heavy atom. The van der Waals surface area contributed by atoms with E-state index in [1.807, 2.05) is 0 Å². The summed E-state index contributed by atoms with van der Waals surface area (Å²) in [6.07, 6.45) is 13.4. The second kappa shape index (κ2) is 7.06. The van der Waals surface area contributed by atoms with Gasteiger partial charge < -0.3 is 15.5 Å². The SMILES string of the molecule is O=C(CC12CC3CC(CC(C3)C1)C2)NCC(=O)NC1CCN(C2CC2)CC1. The van der Waals surface area contributed by atoms with Crippen LogP contribution in [0, 0.1) is 23.2 Å². The first-order chi connectivity index (χ1) is 13.1. The van der Waals surface area contributed by atoms with E-state index in [-0.39, 0.29) is 29.8 Å². The number of amides is 2. The second-order valence-electron chi connectivity index (χ2n) is 10.5. The third-order valence-electron chi connectivity index (χ3n) is 8.10. The summed E-state index contributed by atoms with van der Waals surface area (Å²) in [5.41, 5.74) is 0.255. The highest BCUT2D eigenvalue weighted by atomic mass is 16.2. The Morgan fingerprint density at radius 3 is 2.00 bits per heavy atom. The minimum atomic E-state index is -0.0151. The maximum Gasteiger partial charge on any atom is 0.239 e. The molecule has 1 heterocycles. The first kappa shape index (κ1) is 18.0. The fraction of sp³-hybridized carbons (Fsp3) is 0.909. The van der Waals surface area contributed by atoms with Crippen molar-refractivity contribution < 1.29 is 9.59 Å². The summed E-state index contributed by atoms with van der Waals surface area (Å²) in [5.74, 6) is 2.69. The number of nitrogens with zero attached hydrogens (tertiary/aromatic N) is 1. The van der Waals surface area contributed by atoms with E-state index in [0.29, 0.717) is 6.42 Å². The number of nitrogens with one attached hydrogen (secondary N) is 2. The smallest absolute Gasteiger partial charge is 0.239 e. The van der Waals surface area contributed by atoms with Crippen molar-refractivity contribution >= 4 is 11.8 Å². The minimum absolute atomic E-state index is 0.0151. The molecule has 0 unspecified atom stereocenters. The third-order valence-corrected chi connectivity index (χ3v) is 8.10. The Morgan fingerprint density at radius 1 is 0.852 bits per heavy atom. The monoisotopic (exact) mass is 373 g/mol. The molecule has 0 aromatic rings. The first-order valence-corrected chi connectivity index (χ1v) is 11.4. The minimum Gasteiger partial charge on any atom is -0.352 e. The Labute approximate surface area is 163 Å². The molecule has 0 aromatic carbocycles. The average molecular weight is 374 g/mol. The lowest BCUT2D eigenvalue weighted by Crippen LogP contribution is -2.50. The van der Waals surface area contributed by atoms with E-state index < -0.39 is 0 Å². The average Bonchev–Trinajstić information content (AvgIpc) is 3.44. The fourth-order valence-electron chi connectivity index (χ4n) is 7.22. The molecule has 6 aliphatic rings. The summed E-state index contributed by atoms with van der Waals surface area (Å²) in [6.45, 7) is 2.36. The van der Waals surface area contributed by atoms with E-state index in [0.717, 1.165) is 49.7 Å².